The summed E-state index contributed by atoms with van der Waals surface area (Å²) in [7, 11) is 0. The van der Waals surface area contributed by atoms with Gasteiger partial charge in [0.05, 0.1) is 0 Å². The highest BCUT2D eigenvalue weighted by Crippen LogP contribution is 2.02. The molecule has 0 bridgehead atoms. The first kappa shape index (κ1) is 5.22. The van der Waals surface area contributed by atoms with E-state index in [1.807, 2.05) is 0 Å². The zero-order valence-electron chi connectivity index (χ0n) is 5.11. The minimum Gasteiger partial charge on any atom is -0.298 e. The van der Waals surface area contributed by atoms with Gasteiger partial charge in [0.25, 0.3) is 0 Å². The molecule has 4 heteroatoms. The Morgan fingerprint density at radius 3 is 3.30 bits per heavy atom. The van der Waals surface area contributed by atoms with Crippen molar-refractivity contribution in [3.05, 3.63) is 24.2 Å². The average molecular weight is 135 g/mol. The van der Waals surface area contributed by atoms with E-state index >= 15 is 0 Å². The largest absolute Gasteiger partial charge is 0.298 e. The van der Waals surface area contributed by atoms with Crippen molar-refractivity contribution in [3.63, 3.8) is 0 Å². The van der Waals surface area contributed by atoms with Crippen molar-refractivity contribution < 1.29 is 4.79 Å². The maximum Gasteiger partial charge on any atom is 0.153 e. The van der Waals surface area contributed by atoms with Gasteiger partial charge in [-0.1, -0.05) is 0 Å². The molecule has 0 unspecified atom stereocenters. The van der Waals surface area contributed by atoms with Crippen molar-refractivity contribution in [2.75, 3.05) is 0 Å². The predicted octanol–water partition coefficient (Wildman–Crippen LogP) is 0.475. The van der Waals surface area contributed by atoms with Crippen LogP contribution in [0, 0.1) is 0 Å². The first-order valence-electron chi connectivity index (χ1n) is 2.87. The number of fused-ring (bicyclic) bond motifs is 1. The van der Waals surface area contributed by atoms with Crippen molar-refractivity contribution in [1.29, 1.82) is 0 Å². The molecule has 0 aromatic carbocycles. The first-order chi connectivity index (χ1) is 4.90. The molecule has 0 atom stereocenters. The molecule has 0 radical (unpaired) electrons. The topological polar surface area (TPSA) is 50.2 Å². The maximum atomic E-state index is 10.2. The molecule has 10 heavy (non-hydrogen) atoms. The molecule has 0 aliphatic rings. The van der Waals surface area contributed by atoms with Crippen molar-refractivity contribution in [3.8, 4) is 0 Å². The Morgan fingerprint density at radius 1 is 1.70 bits per heavy atom. The summed E-state index contributed by atoms with van der Waals surface area (Å²) in [6.45, 7) is 0. The van der Waals surface area contributed by atoms with Crippen LogP contribution in [0.5, 0.6) is 0 Å². The lowest BCUT2D eigenvalue weighted by molar-refractivity contribution is 0.112. The monoisotopic (exact) mass is 135 g/mol. The fraction of sp³-hybridized carbons (Fsp3) is 0. The second-order valence-electron chi connectivity index (χ2n) is 2.01. The molecule has 0 amide bonds. The van der Waals surface area contributed by atoms with Crippen molar-refractivity contribution in [2.45, 2.75) is 0 Å². The molecule has 2 aromatic rings. The van der Waals surface area contributed by atoms with Gasteiger partial charge in [0.15, 0.2) is 11.9 Å². The first-order valence-corrected chi connectivity index (χ1v) is 2.87. The summed E-state index contributed by atoms with van der Waals surface area (Å²) in [4.78, 5) is 14.2. The number of aromatic amines is 1. The number of aromatic nitrogens is 3. The highest BCUT2D eigenvalue weighted by atomic mass is 16.1. The molecule has 0 spiro atoms. The lowest BCUT2D eigenvalue weighted by atomic mass is 10.4. The molecule has 2 rings (SSSR count). The van der Waals surface area contributed by atoms with E-state index in [1.54, 1.807) is 23.1 Å². The van der Waals surface area contributed by atoms with E-state index < -0.39 is 0 Å². The zero-order chi connectivity index (χ0) is 6.97. The number of rotatable bonds is 1. The highest BCUT2D eigenvalue weighted by molar-refractivity contribution is 5.77. The van der Waals surface area contributed by atoms with Crippen molar-refractivity contribution in [2.24, 2.45) is 0 Å². The number of hydrogen-bond donors (Lipinski definition) is 1. The van der Waals surface area contributed by atoms with Crippen molar-refractivity contribution in [1.82, 2.24) is 14.6 Å². The Morgan fingerprint density at radius 2 is 2.60 bits per heavy atom. The third kappa shape index (κ3) is 0.556. The van der Waals surface area contributed by atoms with E-state index in [9.17, 15) is 4.79 Å². The molecule has 0 aliphatic heterocycles. The van der Waals surface area contributed by atoms with Gasteiger partial charge in [-0.05, 0) is 6.07 Å². The van der Waals surface area contributed by atoms with E-state index in [1.165, 1.54) is 0 Å². The van der Waals surface area contributed by atoms with Gasteiger partial charge >= 0.3 is 0 Å². The number of hydrogen-bond acceptors (Lipinski definition) is 2. The summed E-state index contributed by atoms with van der Waals surface area (Å²) in [5.41, 5.74) is 1.40. The fourth-order valence-electron chi connectivity index (χ4n) is 0.896. The Hall–Kier alpha value is -1.58. The van der Waals surface area contributed by atoms with Gasteiger partial charge in [-0.25, -0.2) is 9.50 Å². The minimum absolute atomic E-state index is 0.638. The van der Waals surface area contributed by atoms with Gasteiger partial charge in [-0.15, -0.1) is 0 Å². The summed E-state index contributed by atoms with van der Waals surface area (Å²) in [6, 6.07) is 1.71. The van der Waals surface area contributed by atoms with E-state index in [-0.39, 0.29) is 0 Å². The van der Waals surface area contributed by atoms with Gasteiger partial charge in [0.2, 0.25) is 0 Å². The maximum absolute atomic E-state index is 10.2. The Balaban J connectivity index is 2.78. The van der Waals surface area contributed by atoms with Gasteiger partial charge < -0.3 is 0 Å². The summed E-state index contributed by atoms with van der Waals surface area (Å²) in [5.74, 6) is 0. The molecule has 1 N–H and O–H groups in total. The van der Waals surface area contributed by atoms with Crippen LogP contribution >= 0.6 is 0 Å². The molecule has 0 fully saturated rings. The molecule has 0 aliphatic carbocycles. The van der Waals surface area contributed by atoms with E-state index in [0.717, 1.165) is 11.9 Å². The van der Waals surface area contributed by atoms with Gasteiger partial charge in [0.1, 0.15) is 6.33 Å². The molecular formula is C6H5N3O. The third-order valence-electron chi connectivity index (χ3n) is 1.35. The van der Waals surface area contributed by atoms with Gasteiger partial charge in [-0.3, -0.25) is 9.89 Å². The highest BCUT2D eigenvalue weighted by Gasteiger charge is 1.97. The van der Waals surface area contributed by atoms with E-state index in [0.29, 0.717) is 5.56 Å². The summed E-state index contributed by atoms with van der Waals surface area (Å²) in [6.07, 6.45) is 4.06. The summed E-state index contributed by atoms with van der Waals surface area (Å²) < 4.78 is 1.68. The molecular weight excluding hydrogens is 130 g/mol. The molecule has 0 saturated heterocycles. The van der Waals surface area contributed by atoms with Crippen molar-refractivity contribution >= 4 is 11.9 Å². The van der Waals surface area contributed by atoms with Crippen LogP contribution < -0.4 is 0 Å². The number of aldehydes is 1. The van der Waals surface area contributed by atoms with Crippen LogP contribution in [0.15, 0.2) is 18.6 Å². The van der Waals surface area contributed by atoms with Crippen LogP contribution in [-0.2, 0) is 0 Å². The number of carbonyl (C=O) groups is 1. The van der Waals surface area contributed by atoms with Crippen LogP contribution in [0.3, 0.4) is 0 Å². The van der Waals surface area contributed by atoms with Gasteiger partial charge in [-0.2, -0.15) is 0 Å². The number of nitrogens with zero attached hydrogens (tertiary/aromatic N) is 2. The van der Waals surface area contributed by atoms with E-state index in [2.05, 4.69) is 10.1 Å². The third-order valence-corrected chi connectivity index (χ3v) is 1.35. The molecule has 2 aromatic heterocycles. The lowest BCUT2D eigenvalue weighted by Gasteiger charge is -1.75. The quantitative estimate of drug-likeness (QED) is 0.578. The normalized spacial score (nSPS) is 10.4. The van der Waals surface area contributed by atoms with E-state index in [4.69, 9.17) is 0 Å². The summed E-state index contributed by atoms with van der Waals surface area (Å²) >= 11 is 0. The standard InChI is InChI=1S/C6H5N3O/c10-3-5-1-6-7-4-8-9(6)2-5/h1-4H,(H,7,8). The second kappa shape index (κ2) is 1.70. The fourth-order valence-corrected chi connectivity index (χ4v) is 0.896. The Kier molecular flexibility index (Phi) is 0.887. The number of H-pyrrole nitrogens is 1. The second-order valence-corrected chi connectivity index (χ2v) is 2.01. The molecule has 50 valence electrons. The van der Waals surface area contributed by atoms with Crippen LogP contribution in [0.25, 0.3) is 5.65 Å². The van der Waals surface area contributed by atoms with Crippen LogP contribution in [-0.4, -0.2) is 20.9 Å². The SMILES string of the molecule is O=Cc1cc2nc[nH]n2c1. The lowest BCUT2D eigenvalue weighted by Crippen LogP contribution is -1.77. The molecule has 0 saturated carbocycles. The van der Waals surface area contributed by atoms with Crippen LogP contribution in [0.2, 0.25) is 0 Å². The Labute approximate surface area is 56.5 Å². The molecule has 4 nitrogen and oxygen atoms in total. The number of carbonyl (C=O) groups excluding carboxylic acids is 1. The summed E-state index contributed by atoms with van der Waals surface area (Å²) in [5, 5.41) is 2.82. The molecule has 2 heterocycles. The minimum atomic E-state index is 0.638. The van der Waals surface area contributed by atoms with Crippen LogP contribution in [0.4, 0.5) is 0 Å². The Bertz CT molecular complexity index is 331. The predicted molar refractivity (Wildman–Crippen MR) is 34.9 cm³/mol. The van der Waals surface area contributed by atoms with Crippen LogP contribution in [0.1, 0.15) is 10.4 Å². The smallest absolute Gasteiger partial charge is 0.153 e. The number of nitrogens with one attached hydrogen (secondary N) is 1. The zero-order valence-corrected chi connectivity index (χ0v) is 5.11. The average Bonchev–Trinajstić information content (AvgIpc) is 2.42. The van der Waals surface area contributed by atoms with Gasteiger partial charge in [0, 0.05) is 11.8 Å².